The van der Waals surface area contributed by atoms with Crippen molar-refractivity contribution in [1.29, 1.82) is 0 Å². The Morgan fingerprint density at radius 2 is 1.34 bits per heavy atom. The van der Waals surface area contributed by atoms with Gasteiger partial charge < -0.3 is 5.11 Å². The molecule has 3 rings (SSSR count). The highest BCUT2D eigenvalue weighted by atomic mass is 32.2. The lowest BCUT2D eigenvalue weighted by atomic mass is 10.0. The number of quaternary nitrogens is 1. The molecule has 0 amide bonds. The van der Waals surface area contributed by atoms with Gasteiger partial charge in [0, 0.05) is 17.4 Å². The van der Waals surface area contributed by atoms with Crippen LogP contribution in [0.3, 0.4) is 0 Å². The molecule has 13 heteroatoms. The maximum absolute atomic E-state index is 14.2. The van der Waals surface area contributed by atoms with Gasteiger partial charge in [0.15, 0.2) is 15.5 Å². The van der Waals surface area contributed by atoms with Crippen LogP contribution in [-0.2, 0) is 9.84 Å². The first-order valence-electron chi connectivity index (χ1n) is 8.67. The second kappa shape index (κ2) is 7.67. The van der Waals surface area contributed by atoms with Gasteiger partial charge in [-0.15, -0.1) is 26.3 Å². The molecule has 2 aromatic carbocycles. The summed E-state index contributed by atoms with van der Waals surface area (Å²) < 4.78 is 118. The number of aliphatic hydroxyl groups is 1. The van der Waals surface area contributed by atoms with Crippen molar-refractivity contribution < 1.29 is 48.7 Å². The molecule has 0 saturated carbocycles. The number of aliphatic hydroxyl groups excluding tert-OH is 1. The molecule has 0 saturated heterocycles. The van der Waals surface area contributed by atoms with Crippen molar-refractivity contribution >= 4 is 27.1 Å². The number of halogens is 7. The molecule has 0 spiro atoms. The molecule has 0 fully saturated rings. The van der Waals surface area contributed by atoms with Crippen LogP contribution in [0.15, 0.2) is 58.4 Å². The van der Waals surface area contributed by atoms with Crippen LogP contribution in [0.5, 0.6) is 0 Å². The van der Waals surface area contributed by atoms with E-state index in [4.69, 9.17) is 0 Å². The number of hydrogen-bond donors (Lipinski definition) is 1. The quantitative estimate of drug-likeness (QED) is 0.400. The third-order valence-corrected chi connectivity index (χ3v) is 5.89. The van der Waals surface area contributed by atoms with Crippen LogP contribution < -0.4 is 0 Å². The summed E-state index contributed by atoms with van der Waals surface area (Å²) >= 11 is 0. The average Bonchev–Trinajstić information content (AvgIpc) is 3.04. The normalized spacial score (nSPS) is 17.0. The lowest BCUT2D eigenvalue weighted by molar-refractivity contribution is -0.990. The fraction of sp³-hybridized carbons (Fsp3) is 0.211. The van der Waals surface area contributed by atoms with Crippen molar-refractivity contribution in [2.45, 2.75) is 17.5 Å². The predicted molar refractivity (Wildman–Crippen MR) is 99.7 cm³/mol. The van der Waals surface area contributed by atoms with Crippen LogP contribution in [0.25, 0.3) is 11.4 Å². The monoisotopic (exact) mass is 483 g/mol. The number of aliphatic imine (C=N–C) groups is 1. The highest BCUT2D eigenvalue weighted by Crippen LogP contribution is 2.55. The third kappa shape index (κ3) is 3.69. The van der Waals surface area contributed by atoms with Gasteiger partial charge in [0.25, 0.3) is 0 Å². The Hall–Kier alpha value is -2.77. The molecule has 0 radical (unpaired) electrons. The smallest absolute Gasteiger partial charge is 0.384 e. The zero-order chi connectivity index (χ0) is 24.1. The summed E-state index contributed by atoms with van der Waals surface area (Å²) in [6, 6.07) is 6.84. The van der Waals surface area contributed by atoms with Crippen LogP contribution in [0.2, 0.25) is 0 Å². The van der Waals surface area contributed by atoms with Crippen LogP contribution in [0.4, 0.5) is 30.7 Å². The van der Waals surface area contributed by atoms with Crippen LogP contribution in [0, 0.1) is 5.82 Å². The topological polar surface area (TPSA) is 66.7 Å². The van der Waals surface area contributed by atoms with Gasteiger partial charge in [0.05, 0.1) is 4.90 Å². The molecule has 172 valence electrons. The lowest BCUT2D eigenvalue weighted by Gasteiger charge is -2.36. The van der Waals surface area contributed by atoms with E-state index in [0.29, 0.717) is 0 Å². The number of benzene rings is 2. The first-order valence-corrected chi connectivity index (χ1v) is 10.6. The molecule has 5 nitrogen and oxygen atoms in total. The van der Waals surface area contributed by atoms with E-state index >= 15 is 0 Å². The zero-order valence-corrected chi connectivity index (χ0v) is 16.9. The Morgan fingerprint density at radius 1 is 0.875 bits per heavy atom. The van der Waals surface area contributed by atoms with E-state index in [9.17, 15) is 44.3 Å². The molecular weight excluding hydrogens is 469 g/mol. The zero-order valence-electron chi connectivity index (χ0n) is 16.0. The van der Waals surface area contributed by atoms with Gasteiger partial charge in [-0.05, 0) is 48.5 Å². The first-order chi connectivity index (χ1) is 14.6. The number of alkyl halides is 6. The van der Waals surface area contributed by atoms with E-state index in [2.05, 4.69) is 4.99 Å². The molecular formula is C19H14F7N2O3S+. The summed E-state index contributed by atoms with van der Waals surface area (Å²) in [5, 5.41) is 9.44. The lowest BCUT2D eigenvalue weighted by Crippen LogP contribution is -2.67. The number of rotatable bonds is 4. The van der Waals surface area contributed by atoms with Gasteiger partial charge in [-0.1, -0.05) is 4.48 Å². The molecule has 32 heavy (non-hydrogen) atoms. The minimum Gasteiger partial charge on any atom is -0.384 e. The van der Waals surface area contributed by atoms with Crippen molar-refractivity contribution in [3.63, 3.8) is 0 Å². The fourth-order valence-corrected chi connectivity index (χ4v) is 4.01. The Bertz CT molecular complexity index is 1180. The molecule has 0 aromatic heterocycles. The predicted octanol–water partition coefficient (Wildman–Crippen LogP) is 4.32. The second-order valence-corrected chi connectivity index (χ2v) is 8.81. The highest BCUT2D eigenvalue weighted by Gasteiger charge is 2.79. The van der Waals surface area contributed by atoms with Crippen molar-refractivity contribution in [1.82, 2.24) is 0 Å². The summed E-state index contributed by atoms with van der Waals surface area (Å²) in [6.07, 6.45) is -11.3. The maximum atomic E-state index is 14.2. The summed E-state index contributed by atoms with van der Waals surface area (Å²) in [6.45, 7) is -1.69. The minimum atomic E-state index is -6.04. The number of amidine groups is 1. The van der Waals surface area contributed by atoms with Crippen molar-refractivity contribution in [3.05, 3.63) is 65.5 Å². The molecule has 0 unspecified atom stereocenters. The minimum absolute atomic E-state index is 0.270. The number of hydrogen-bond acceptors (Lipinski definition) is 4. The summed E-state index contributed by atoms with van der Waals surface area (Å²) in [5.74, 6) is -2.45. The van der Waals surface area contributed by atoms with Gasteiger partial charge in [0.2, 0.25) is 5.84 Å². The SMILES string of the molecule is CS(=O)(=O)c1ccc(C2=C(c3ccc(F)cc3)N=C(CO)[N+]2(C(F)(F)F)C(F)(F)F)cc1. The van der Waals surface area contributed by atoms with Gasteiger partial charge >= 0.3 is 12.6 Å². The Morgan fingerprint density at radius 3 is 1.75 bits per heavy atom. The average molecular weight is 483 g/mol. The van der Waals surface area contributed by atoms with Crippen LogP contribution in [-0.4, -0.2) is 49.3 Å². The summed E-state index contributed by atoms with van der Waals surface area (Å²) in [7, 11) is -3.79. The highest BCUT2D eigenvalue weighted by molar-refractivity contribution is 7.90. The van der Waals surface area contributed by atoms with E-state index in [0.717, 1.165) is 54.8 Å². The van der Waals surface area contributed by atoms with Gasteiger partial charge in [-0.2, -0.15) is 4.99 Å². The Balaban J connectivity index is 2.45. The van der Waals surface area contributed by atoms with E-state index in [-0.39, 0.29) is 10.5 Å². The molecule has 1 aliphatic rings. The standard InChI is InChI=1S/C19H14F7N2O3S/c1-32(30,31)14-8-4-12(5-9-14)17-16(11-2-6-13(20)7-3-11)27-15(10-29)28(17,18(21,22)23)19(24,25)26/h2-9,29H,10H2,1H3/q+1. The largest absolute Gasteiger partial charge is 0.579 e. The number of sulfone groups is 1. The van der Waals surface area contributed by atoms with Crippen molar-refractivity contribution in [3.8, 4) is 0 Å². The molecule has 1 N–H and O–H groups in total. The molecule has 0 bridgehead atoms. The van der Waals surface area contributed by atoms with E-state index in [1.807, 2.05) is 0 Å². The third-order valence-electron chi connectivity index (χ3n) is 4.76. The molecule has 2 aromatic rings. The van der Waals surface area contributed by atoms with E-state index in [1.165, 1.54) is 0 Å². The Labute approximate surface area is 177 Å². The first kappa shape index (κ1) is 23.9. The summed E-state index contributed by atoms with van der Waals surface area (Å²) in [5.41, 5.74) is -3.11. The Kier molecular flexibility index (Phi) is 5.73. The molecule has 1 heterocycles. The van der Waals surface area contributed by atoms with Crippen molar-refractivity contribution in [2.75, 3.05) is 12.9 Å². The number of nitrogens with zero attached hydrogens (tertiary/aromatic N) is 2. The van der Waals surface area contributed by atoms with Crippen LogP contribution in [0.1, 0.15) is 11.1 Å². The molecule has 0 aliphatic carbocycles. The van der Waals surface area contributed by atoms with Gasteiger partial charge in [-0.3, -0.25) is 0 Å². The van der Waals surface area contributed by atoms with Gasteiger partial charge in [-0.25, -0.2) is 12.8 Å². The van der Waals surface area contributed by atoms with E-state index < -0.39 is 62.1 Å². The molecule has 1 aliphatic heterocycles. The van der Waals surface area contributed by atoms with Crippen LogP contribution >= 0.6 is 0 Å². The van der Waals surface area contributed by atoms with E-state index in [1.54, 1.807) is 0 Å². The van der Waals surface area contributed by atoms with Crippen molar-refractivity contribution in [2.24, 2.45) is 4.99 Å². The fourth-order valence-electron chi connectivity index (χ4n) is 3.38. The second-order valence-electron chi connectivity index (χ2n) is 6.79. The molecule has 0 atom stereocenters. The summed E-state index contributed by atoms with van der Waals surface area (Å²) in [4.78, 5) is 3.13. The van der Waals surface area contributed by atoms with Gasteiger partial charge in [0.1, 0.15) is 18.1 Å². The maximum Gasteiger partial charge on any atom is 0.579 e.